The summed E-state index contributed by atoms with van der Waals surface area (Å²) in [7, 11) is 1.56. The molecule has 9 nitrogen and oxygen atoms in total. The van der Waals surface area contributed by atoms with Crippen LogP contribution in [0, 0.1) is 29.6 Å². The van der Waals surface area contributed by atoms with Gasteiger partial charge in [-0.15, -0.1) is 11.8 Å². The highest BCUT2D eigenvalue weighted by Gasteiger charge is 2.69. The lowest BCUT2D eigenvalue weighted by Gasteiger charge is -2.43. The van der Waals surface area contributed by atoms with Gasteiger partial charge in [-0.25, -0.2) is 0 Å². The monoisotopic (exact) mass is 646 g/mol. The van der Waals surface area contributed by atoms with Gasteiger partial charge in [0.2, 0.25) is 11.8 Å². The largest absolute Gasteiger partial charge is 0.493 e. The van der Waals surface area contributed by atoms with Crippen LogP contribution in [0.3, 0.4) is 0 Å². The maximum absolute atomic E-state index is 13.4. The number of H-pyrrole nitrogens is 1. The van der Waals surface area contributed by atoms with Gasteiger partial charge < -0.3 is 19.6 Å². The fourth-order valence-electron chi connectivity index (χ4n) is 7.53. The second-order valence-electron chi connectivity index (χ2n) is 11.1. The third-order valence-electron chi connectivity index (χ3n) is 9.05. The molecule has 2 amide bonds. The standard InChI is InChI=1S/C29H24Cl2N2O7S2/c1-39-18-6-11(3-5-17(18)40-10-12-2-4-13(30)7-16(12)31)20-21-14-8-15(24(21)41-26-25(20)42-29(38)32-26)23-22(14)27(36)33(28(23)37)9-19(34)35/h2-7,14-15,20-24H,8-10H2,1H3,(H,32,38)(H,34,35)/t14-,15+,20+,21+,22+,23+,24-/m1/s1. The minimum Gasteiger partial charge on any atom is -0.493 e. The van der Waals surface area contributed by atoms with E-state index in [9.17, 15) is 24.3 Å². The highest BCUT2D eigenvalue weighted by Crippen LogP contribution is 2.68. The van der Waals surface area contributed by atoms with Crippen LogP contribution in [0.25, 0.3) is 0 Å². The number of halogens is 2. The molecular formula is C29H24Cl2N2O7S2. The molecule has 2 aromatic carbocycles. The number of hydrogen-bond donors (Lipinski definition) is 2. The first-order chi connectivity index (χ1) is 20.2. The number of carbonyl (C=O) groups excluding carboxylic acids is 2. The van der Waals surface area contributed by atoms with Crippen molar-refractivity contribution in [1.82, 2.24) is 9.88 Å². The molecular weight excluding hydrogens is 623 g/mol. The average molecular weight is 648 g/mol. The molecule has 2 saturated carbocycles. The molecule has 42 heavy (non-hydrogen) atoms. The number of imide groups is 1. The number of rotatable bonds is 7. The summed E-state index contributed by atoms with van der Waals surface area (Å²) in [5, 5.41) is 11.1. The zero-order chi connectivity index (χ0) is 29.4. The molecule has 1 saturated heterocycles. The van der Waals surface area contributed by atoms with Crippen LogP contribution in [0.4, 0.5) is 0 Å². The Morgan fingerprint density at radius 3 is 2.55 bits per heavy atom. The van der Waals surface area contributed by atoms with E-state index in [-0.39, 0.29) is 46.3 Å². The number of aromatic amines is 1. The Balaban J connectivity index is 1.24. The van der Waals surface area contributed by atoms with Crippen LogP contribution in [0.1, 0.15) is 28.3 Å². The minimum absolute atomic E-state index is 0.00510. The number of nitrogens with one attached hydrogen (secondary N) is 1. The van der Waals surface area contributed by atoms with Crippen molar-refractivity contribution >= 4 is 64.1 Å². The SMILES string of the molecule is COc1cc([C@@H]2c3sc(=O)[nH]c3S[C@@H]3[C@H]4C[C@@H]([C@@H]5C(=O)N(CC(=O)O)C(=O)[C@@H]45)[C@@H]23)ccc1OCc1ccc(Cl)cc1Cl. The van der Waals surface area contributed by atoms with Gasteiger partial charge in [0.05, 0.1) is 24.0 Å². The van der Waals surface area contributed by atoms with E-state index in [0.717, 1.165) is 37.3 Å². The third-order valence-corrected chi connectivity index (χ3v) is 12.2. The van der Waals surface area contributed by atoms with Gasteiger partial charge in [-0.3, -0.25) is 24.1 Å². The number of ether oxygens (including phenoxy) is 2. The summed E-state index contributed by atoms with van der Waals surface area (Å²) in [6.07, 6.45) is 0.714. The molecule has 13 heteroatoms. The summed E-state index contributed by atoms with van der Waals surface area (Å²) in [6, 6.07) is 10.9. The summed E-state index contributed by atoms with van der Waals surface area (Å²) >= 11 is 15.1. The Kier molecular flexibility index (Phi) is 6.84. The van der Waals surface area contributed by atoms with E-state index >= 15 is 0 Å². The molecule has 218 valence electrons. The Bertz CT molecular complexity index is 1710. The first-order valence-electron chi connectivity index (χ1n) is 13.4. The summed E-state index contributed by atoms with van der Waals surface area (Å²) in [6.45, 7) is -0.410. The highest BCUT2D eigenvalue weighted by molar-refractivity contribution is 8.00. The van der Waals surface area contributed by atoms with E-state index in [4.69, 9.17) is 32.7 Å². The minimum atomic E-state index is -1.21. The van der Waals surface area contributed by atoms with Crippen molar-refractivity contribution < 1.29 is 29.0 Å². The number of methoxy groups -OCH3 is 1. The number of aromatic nitrogens is 1. The molecule has 2 aliphatic carbocycles. The number of aliphatic carboxylic acids is 1. The van der Waals surface area contributed by atoms with Crippen LogP contribution in [-0.4, -0.2) is 51.7 Å². The maximum Gasteiger partial charge on any atom is 0.323 e. The van der Waals surface area contributed by atoms with Crippen molar-refractivity contribution in [3.8, 4) is 11.5 Å². The normalized spacial score (nSPS) is 28.9. The van der Waals surface area contributed by atoms with Gasteiger partial charge in [-0.1, -0.05) is 46.7 Å². The fourth-order valence-corrected chi connectivity index (χ4v) is 10.9. The zero-order valence-corrected chi connectivity index (χ0v) is 25.2. The van der Waals surface area contributed by atoms with Crippen molar-refractivity contribution in [3.63, 3.8) is 0 Å². The number of carboxylic acids is 1. The van der Waals surface area contributed by atoms with E-state index in [1.165, 1.54) is 0 Å². The second kappa shape index (κ2) is 10.3. The van der Waals surface area contributed by atoms with E-state index in [1.54, 1.807) is 37.1 Å². The van der Waals surface area contributed by atoms with Gasteiger partial charge in [-0.05, 0) is 54.0 Å². The molecule has 0 spiro atoms. The molecule has 3 fully saturated rings. The highest BCUT2D eigenvalue weighted by atomic mass is 35.5. The molecule has 0 unspecified atom stereocenters. The van der Waals surface area contributed by atoms with Gasteiger partial charge in [-0.2, -0.15) is 0 Å². The van der Waals surface area contributed by atoms with Crippen LogP contribution in [0.2, 0.25) is 10.0 Å². The molecule has 7 atom stereocenters. The van der Waals surface area contributed by atoms with Gasteiger partial charge >= 0.3 is 10.8 Å². The topological polar surface area (TPSA) is 126 Å². The summed E-state index contributed by atoms with van der Waals surface area (Å²) < 4.78 is 11.8. The number of carbonyl (C=O) groups is 3. The third kappa shape index (κ3) is 4.27. The quantitative estimate of drug-likeness (QED) is 0.348. The molecule has 0 radical (unpaired) electrons. The lowest BCUT2D eigenvalue weighted by atomic mass is 9.68. The first kappa shape index (κ1) is 27.8. The molecule has 3 heterocycles. The van der Waals surface area contributed by atoms with Crippen LogP contribution in [-0.2, 0) is 21.0 Å². The predicted octanol–water partition coefficient (Wildman–Crippen LogP) is 4.89. The lowest BCUT2D eigenvalue weighted by molar-refractivity contribution is -0.149. The molecule has 3 aromatic rings. The maximum atomic E-state index is 13.4. The molecule has 2 bridgehead atoms. The Morgan fingerprint density at radius 2 is 1.83 bits per heavy atom. The second-order valence-corrected chi connectivity index (χ2v) is 14.1. The van der Waals surface area contributed by atoms with Crippen LogP contribution in [0.5, 0.6) is 11.5 Å². The van der Waals surface area contributed by atoms with Crippen molar-refractivity contribution in [3.05, 3.63) is 72.1 Å². The summed E-state index contributed by atoms with van der Waals surface area (Å²) in [4.78, 5) is 55.2. The molecule has 2 N–H and O–H groups in total. The van der Waals surface area contributed by atoms with Crippen LogP contribution < -0.4 is 14.3 Å². The van der Waals surface area contributed by atoms with E-state index in [0.29, 0.717) is 28.0 Å². The van der Waals surface area contributed by atoms with Crippen molar-refractivity contribution in [2.24, 2.45) is 29.6 Å². The Labute approximate surface area is 258 Å². The van der Waals surface area contributed by atoms with Crippen molar-refractivity contribution in [1.29, 1.82) is 0 Å². The van der Waals surface area contributed by atoms with Crippen LogP contribution in [0.15, 0.2) is 46.2 Å². The number of carboxylic acid groups (broad SMARTS) is 1. The number of nitrogens with zero attached hydrogens (tertiary/aromatic N) is 1. The number of amides is 2. The number of likely N-dealkylation sites (tertiary alicyclic amines) is 1. The summed E-state index contributed by atoms with van der Waals surface area (Å²) in [5.74, 6) is -2.45. The zero-order valence-electron chi connectivity index (χ0n) is 22.0. The van der Waals surface area contributed by atoms with Gasteiger partial charge in [0.25, 0.3) is 0 Å². The van der Waals surface area contributed by atoms with Gasteiger partial charge in [0.15, 0.2) is 11.5 Å². The van der Waals surface area contributed by atoms with E-state index in [2.05, 4.69) is 4.98 Å². The molecule has 4 aliphatic rings. The first-order valence-corrected chi connectivity index (χ1v) is 15.8. The number of hydrogen-bond acceptors (Lipinski definition) is 8. The average Bonchev–Trinajstić information content (AvgIpc) is 3.68. The number of thioether (sulfide) groups is 1. The number of benzene rings is 2. The number of fused-ring (bicyclic) bond motifs is 9. The smallest absolute Gasteiger partial charge is 0.323 e. The Hall–Kier alpha value is -2.99. The van der Waals surface area contributed by atoms with Crippen molar-refractivity contribution in [2.45, 2.75) is 29.2 Å². The van der Waals surface area contributed by atoms with Gasteiger partial charge in [0.1, 0.15) is 13.2 Å². The van der Waals surface area contributed by atoms with Gasteiger partial charge in [0, 0.05) is 31.7 Å². The fraction of sp³-hybridized carbons (Fsp3) is 0.379. The predicted molar refractivity (Wildman–Crippen MR) is 157 cm³/mol. The molecule has 2 aliphatic heterocycles. The number of thiazole rings is 1. The van der Waals surface area contributed by atoms with Crippen LogP contribution >= 0.6 is 46.3 Å². The van der Waals surface area contributed by atoms with Crippen molar-refractivity contribution in [2.75, 3.05) is 13.7 Å². The summed E-state index contributed by atoms with van der Waals surface area (Å²) in [5.41, 5.74) is 1.68. The van der Waals surface area contributed by atoms with E-state index in [1.807, 2.05) is 18.2 Å². The molecule has 1 aromatic heterocycles. The Morgan fingerprint density at radius 1 is 1.07 bits per heavy atom. The lowest BCUT2D eigenvalue weighted by Crippen LogP contribution is -2.42. The van der Waals surface area contributed by atoms with E-state index < -0.39 is 30.3 Å². The molecule has 7 rings (SSSR count).